The minimum absolute atomic E-state index is 0.00472. The Balaban J connectivity index is 1.52. The third kappa shape index (κ3) is 6.71. The summed E-state index contributed by atoms with van der Waals surface area (Å²) in [5.41, 5.74) is -0.498. The predicted octanol–water partition coefficient (Wildman–Crippen LogP) is 5.55. The Hall–Kier alpha value is -2.06. The number of aromatic nitrogens is 2. The SMILES string of the molecule is CC1(CNC(=O)OC(C)(C)C)CCN(c2cnc(Sc3cccc(F)c3Cl)cn2)CC1. The Morgan fingerprint density at radius 2 is 2.00 bits per heavy atom. The number of alkyl carbamates (subject to hydrolysis) is 1. The van der Waals surface area contributed by atoms with Gasteiger partial charge in [-0.1, -0.05) is 36.4 Å². The second-order valence-corrected chi connectivity index (χ2v) is 10.5. The number of rotatable bonds is 5. The van der Waals surface area contributed by atoms with E-state index in [4.69, 9.17) is 16.3 Å². The topological polar surface area (TPSA) is 67.3 Å². The van der Waals surface area contributed by atoms with Crippen molar-refractivity contribution in [2.24, 2.45) is 5.41 Å². The second kappa shape index (κ2) is 9.61. The number of amides is 1. The fourth-order valence-electron chi connectivity index (χ4n) is 3.25. The van der Waals surface area contributed by atoms with Gasteiger partial charge in [-0.25, -0.2) is 19.2 Å². The Morgan fingerprint density at radius 1 is 1.29 bits per heavy atom. The van der Waals surface area contributed by atoms with Crippen LogP contribution in [0.1, 0.15) is 40.5 Å². The minimum Gasteiger partial charge on any atom is -0.444 e. The van der Waals surface area contributed by atoms with Gasteiger partial charge < -0.3 is 15.0 Å². The molecular weight excluding hydrogens is 439 g/mol. The molecule has 1 N–H and O–H groups in total. The summed E-state index contributed by atoms with van der Waals surface area (Å²) in [6.45, 7) is 9.95. The smallest absolute Gasteiger partial charge is 0.407 e. The maximum Gasteiger partial charge on any atom is 0.407 e. The number of piperidine rings is 1. The van der Waals surface area contributed by atoms with Crippen LogP contribution in [-0.2, 0) is 4.74 Å². The Kier molecular flexibility index (Phi) is 7.31. The molecule has 9 heteroatoms. The molecule has 1 saturated heterocycles. The molecule has 1 fully saturated rings. The molecule has 6 nitrogen and oxygen atoms in total. The summed E-state index contributed by atoms with van der Waals surface area (Å²) in [7, 11) is 0. The summed E-state index contributed by atoms with van der Waals surface area (Å²) in [6, 6.07) is 4.70. The lowest BCUT2D eigenvalue weighted by molar-refractivity contribution is 0.0495. The van der Waals surface area contributed by atoms with Crippen LogP contribution in [0.4, 0.5) is 15.0 Å². The van der Waals surface area contributed by atoms with E-state index in [9.17, 15) is 9.18 Å². The molecule has 1 aromatic carbocycles. The Morgan fingerprint density at radius 3 is 2.61 bits per heavy atom. The summed E-state index contributed by atoms with van der Waals surface area (Å²) in [5.74, 6) is 0.352. The number of nitrogens with one attached hydrogen (secondary N) is 1. The Labute approximate surface area is 191 Å². The number of carbonyl (C=O) groups excluding carboxylic acids is 1. The Bertz CT molecular complexity index is 913. The summed E-state index contributed by atoms with van der Waals surface area (Å²) in [5, 5.41) is 3.64. The molecule has 3 rings (SSSR count). The van der Waals surface area contributed by atoms with E-state index in [0.29, 0.717) is 16.5 Å². The molecule has 0 radical (unpaired) electrons. The van der Waals surface area contributed by atoms with Crippen molar-refractivity contribution in [3.63, 3.8) is 0 Å². The van der Waals surface area contributed by atoms with Gasteiger partial charge in [0, 0.05) is 24.5 Å². The van der Waals surface area contributed by atoms with Crippen LogP contribution in [0.25, 0.3) is 0 Å². The van der Waals surface area contributed by atoms with Crippen molar-refractivity contribution in [1.82, 2.24) is 15.3 Å². The molecule has 0 saturated carbocycles. The van der Waals surface area contributed by atoms with Crippen molar-refractivity contribution in [1.29, 1.82) is 0 Å². The summed E-state index contributed by atoms with van der Waals surface area (Å²) in [6.07, 6.45) is 4.87. The van der Waals surface area contributed by atoms with Gasteiger partial charge in [-0.3, -0.25) is 0 Å². The highest BCUT2D eigenvalue weighted by Gasteiger charge is 2.31. The molecule has 0 atom stereocenters. The monoisotopic (exact) mass is 466 g/mol. The molecule has 0 unspecified atom stereocenters. The number of benzene rings is 1. The molecule has 2 heterocycles. The van der Waals surface area contributed by atoms with Crippen molar-refractivity contribution in [3.05, 3.63) is 41.4 Å². The van der Waals surface area contributed by atoms with Crippen LogP contribution in [0.15, 0.2) is 40.5 Å². The van der Waals surface area contributed by atoms with Crippen molar-refractivity contribution >= 4 is 35.3 Å². The first kappa shape index (κ1) is 23.6. The molecule has 1 aliphatic heterocycles. The van der Waals surface area contributed by atoms with E-state index in [2.05, 4.69) is 27.1 Å². The second-order valence-electron chi connectivity index (χ2n) is 9.02. The van der Waals surface area contributed by atoms with E-state index in [1.165, 1.54) is 17.8 Å². The van der Waals surface area contributed by atoms with E-state index >= 15 is 0 Å². The number of hydrogen-bond donors (Lipinski definition) is 1. The van der Waals surface area contributed by atoms with E-state index in [0.717, 1.165) is 31.7 Å². The van der Waals surface area contributed by atoms with Crippen molar-refractivity contribution in [2.45, 2.75) is 56.1 Å². The number of ether oxygens (including phenoxy) is 1. The third-order valence-electron chi connectivity index (χ3n) is 5.10. The van der Waals surface area contributed by atoms with Crippen LogP contribution >= 0.6 is 23.4 Å². The summed E-state index contributed by atoms with van der Waals surface area (Å²) < 4.78 is 18.9. The molecule has 0 spiro atoms. The zero-order valence-electron chi connectivity index (χ0n) is 18.2. The summed E-state index contributed by atoms with van der Waals surface area (Å²) in [4.78, 5) is 23.7. The average Bonchev–Trinajstić information content (AvgIpc) is 2.70. The molecule has 31 heavy (non-hydrogen) atoms. The zero-order valence-corrected chi connectivity index (χ0v) is 19.8. The van der Waals surface area contributed by atoms with Crippen LogP contribution in [0.3, 0.4) is 0 Å². The van der Waals surface area contributed by atoms with Gasteiger partial charge in [0.05, 0.1) is 17.4 Å². The average molecular weight is 467 g/mol. The van der Waals surface area contributed by atoms with Crippen LogP contribution in [-0.4, -0.2) is 41.3 Å². The highest BCUT2D eigenvalue weighted by molar-refractivity contribution is 7.99. The van der Waals surface area contributed by atoms with E-state index in [1.807, 2.05) is 20.8 Å². The van der Waals surface area contributed by atoms with Gasteiger partial charge >= 0.3 is 6.09 Å². The predicted molar refractivity (Wildman–Crippen MR) is 121 cm³/mol. The largest absolute Gasteiger partial charge is 0.444 e. The number of halogens is 2. The van der Waals surface area contributed by atoms with Gasteiger partial charge in [0.15, 0.2) is 0 Å². The van der Waals surface area contributed by atoms with Crippen LogP contribution < -0.4 is 10.2 Å². The molecule has 1 aliphatic rings. The number of hydrogen-bond acceptors (Lipinski definition) is 6. The van der Waals surface area contributed by atoms with Crippen LogP contribution in [0.5, 0.6) is 0 Å². The summed E-state index contributed by atoms with van der Waals surface area (Å²) >= 11 is 7.29. The van der Waals surface area contributed by atoms with Gasteiger partial charge in [0.2, 0.25) is 0 Å². The van der Waals surface area contributed by atoms with Crippen molar-refractivity contribution < 1.29 is 13.9 Å². The van der Waals surface area contributed by atoms with Crippen LogP contribution in [0, 0.1) is 11.2 Å². The van der Waals surface area contributed by atoms with Crippen molar-refractivity contribution in [3.8, 4) is 0 Å². The highest BCUT2D eigenvalue weighted by Crippen LogP contribution is 2.35. The maximum absolute atomic E-state index is 13.6. The molecule has 1 amide bonds. The highest BCUT2D eigenvalue weighted by atomic mass is 35.5. The minimum atomic E-state index is -0.503. The van der Waals surface area contributed by atoms with E-state index in [1.54, 1.807) is 24.5 Å². The number of anilines is 1. The molecule has 0 aliphatic carbocycles. The van der Waals surface area contributed by atoms with Gasteiger partial charge in [-0.2, -0.15) is 0 Å². The van der Waals surface area contributed by atoms with Gasteiger partial charge in [-0.05, 0) is 51.2 Å². The first-order valence-corrected chi connectivity index (χ1v) is 11.4. The normalized spacial score (nSPS) is 16.1. The molecule has 0 bridgehead atoms. The fraction of sp³-hybridized carbons (Fsp3) is 0.500. The standard InChI is InChI=1S/C22H28ClFN4O2S/c1-21(2,3)30-20(29)27-14-22(4)8-10-28(11-9-22)17-12-26-18(13-25-17)31-16-7-5-6-15(24)19(16)23/h5-7,12-13H,8-11,14H2,1-4H3,(H,27,29). The lowest BCUT2D eigenvalue weighted by atomic mass is 9.80. The third-order valence-corrected chi connectivity index (χ3v) is 6.57. The number of nitrogens with zero attached hydrogens (tertiary/aromatic N) is 3. The maximum atomic E-state index is 13.6. The zero-order chi connectivity index (χ0) is 22.6. The first-order chi connectivity index (χ1) is 14.5. The fourth-order valence-corrected chi connectivity index (χ4v) is 4.26. The van der Waals surface area contributed by atoms with E-state index < -0.39 is 11.4 Å². The van der Waals surface area contributed by atoms with Crippen LogP contribution in [0.2, 0.25) is 5.02 Å². The molecule has 2 aromatic rings. The molecular formula is C22H28ClFN4O2S. The van der Waals surface area contributed by atoms with Gasteiger partial charge in [-0.15, -0.1) is 0 Å². The van der Waals surface area contributed by atoms with Gasteiger partial charge in [0.1, 0.15) is 22.3 Å². The lowest BCUT2D eigenvalue weighted by Gasteiger charge is -2.40. The van der Waals surface area contributed by atoms with Gasteiger partial charge in [0.25, 0.3) is 0 Å². The van der Waals surface area contributed by atoms with E-state index in [-0.39, 0.29) is 16.5 Å². The van der Waals surface area contributed by atoms with Crippen molar-refractivity contribution in [2.75, 3.05) is 24.5 Å². The first-order valence-electron chi connectivity index (χ1n) is 10.2. The number of carbonyl (C=O) groups is 1. The molecule has 1 aromatic heterocycles. The quantitative estimate of drug-likeness (QED) is 0.623. The lowest BCUT2D eigenvalue weighted by Crippen LogP contribution is -2.45. The molecule has 168 valence electrons.